The SMILES string of the molecule is CCOc1c(/C(C)=C/C(=O)NCc2ccccc2)cc2c(C)coc2c1C. The Kier molecular flexibility index (Phi) is 5.65. The second-order valence-electron chi connectivity index (χ2n) is 6.64. The summed E-state index contributed by atoms with van der Waals surface area (Å²) in [7, 11) is 0. The van der Waals surface area contributed by atoms with E-state index in [4.69, 9.17) is 9.15 Å². The van der Waals surface area contributed by atoms with Gasteiger partial charge in [-0.05, 0) is 50.5 Å². The zero-order valence-corrected chi connectivity index (χ0v) is 16.3. The molecule has 1 heterocycles. The molecule has 4 nitrogen and oxygen atoms in total. The molecule has 1 amide bonds. The fourth-order valence-electron chi connectivity index (χ4n) is 3.17. The lowest BCUT2D eigenvalue weighted by molar-refractivity contribution is -0.116. The summed E-state index contributed by atoms with van der Waals surface area (Å²) in [5.74, 6) is 0.643. The van der Waals surface area contributed by atoms with Crippen molar-refractivity contribution in [2.45, 2.75) is 34.2 Å². The number of rotatable bonds is 6. The number of aryl methyl sites for hydroxylation is 2. The van der Waals surface area contributed by atoms with E-state index in [1.807, 2.05) is 64.1 Å². The Hall–Kier alpha value is -3.01. The molecule has 3 aromatic rings. The lowest BCUT2D eigenvalue weighted by Crippen LogP contribution is -2.20. The summed E-state index contributed by atoms with van der Waals surface area (Å²) in [6, 6.07) is 11.9. The maximum atomic E-state index is 12.4. The van der Waals surface area contributed by atoms with Gasteiger partial charge in [0, 0.05) is 29.1 Å². The standard InChI is InChI=1S/C23H25NO3/c1-5-26-22-17(4)23-20(16(3)14-27-23)12-19(22)15(2)11-21(25)24-13-18-9-7-6-8-10-18/h6-12,14H,5,13H2,1-4H3,(H,24,25)/b15-11+. The van der Waals surface area contributed by atoms with Gasteiger partial charge in [-0.2, -0.15) is 0 Å². The largest absolute Gasteiger partial charge is 0.493 e. The minimum atomic E-state index is -0.125. The number of hydrogen-bond donors (Lipinski definition) is 1. The summed E-state index contributed by atoms with van der Waals surface area (Å²) in [6.07, 6.45) is 3.38. The average molecular weight is 363 g/mol. The normalized spacial score (nSPS) is 11.6. The number of benzene rings is 2. The maximum Gasteiger partial charge on any atom is 0.244 e. The summed E-state index contributed by atoms with van der Waals surface area (Å²) in [5, 5.41) is 3.98. The van der Waals surface area contributed by atoms with Crippen molar-refractivity contribution in [3.63, 3.8) is 0 Å². The van der Waals surface area contributed by atoms with Crippen molar-refractivity contribution in [2.75, 3.05) is 6.61 Å². The van der Waals surface area contributed by atoms with E-state index in [1.54, 1.807) is 12.3 Å². The molecule has 0 atom stereocenters. The van der Waals surface area contributed by atoms with E-state index in [0.717, 1.165) is 44.5 Å². The molecule has 0 aliphatic carbocycles. The minimum absolute atomic E-state index is 0.125. The Morgan fingerprint density at radius 1 is 1.22 bits per heavy atom. The fourth-order valence-corrected chi connectivity index (χ4v) is 3.17. The molecule has 0 bridgehead atoms. The third-order valence-electron chi connectivity index (χ3n) is 4.61. The number of hydrogen-bond acceptors (Lipinski definition) is 3. The first-order valence-corrected chi connectivity index (χ1v) is 9.16. The zero-order chi connectivity index (χ0) is 19.4. The Morgan fingerprint density at radius 2 is 1.96 bits per heavy atom. The number of ether oxygens (including phenoxy) is 1. The van der Waals surface area contributed by atoms with E-state index in [9.17, 15) is 4.79 Å². The van der Waals surface area contributed by atoms with Crippen LogP contribution < -0.4 is 10.1 Å². The van der Waals surface area contributed by atoms with Crippen molar-refractivity contribution < 1.29 is 13.9 Å². The Labute approximate surface area is 159 Å². The average Bonchev–Trinajstić information content (AvgIpc) is 3.04. The van der Waals surface area contributed by atoms with Crippen LogP contribution in [0.25, 0.3) is 16.5 Å². The molecular weight excluding hydrogens is 338 g/mol. The smallest absolute Gasteiger partial charge is 0.244 e. The van der Waals surface area contributed by atoms with Crippen LogP contribution in [0, 0.1) is 13.8 Å². The molecule has 3 rings (SSSR count). The number of allylic oxidation sites excluding steroid dienone is 1. The highest BCUT2D eigenvalue weighted by Gasteiger charge is 2.17. The van der Waals surface area contributed by atoms with Crippen LogP contribution in [0.15, 0.2) is 53.2 Å². The van der Waals surface area contributed by atoms with E-state index < -0.39 is 0 Å². The number of carbonyl (C=O) groups excluding carboxylic acids is 1. The highest BCUT2D eigenvalue weighted by molar-refractivity contribution is 5.98. The summed E-state index contributed by atoms with van der Waals surface area (Å²) in [6.45, 7) is 8.93. The predicted molar refractivity (Wildman–Crippen MR) is 109 cm³/mol. The van der Waals surface area contributed by atoms with E-state index in [1.165, 1.54) is 0 Å². The molecule has 140 valence electrons. The van der Waals surface area contributed by atoms with Crippen molar-refractivity contribution in [1.29, 1.82) is 0 Å². The van der Waals surface area contributed by atoms with Crippen LogP contribution in [0.3, 0.4) is 0 Å². The van der Waals surface area contributed by atoms with Crippen LogP contribution in [0.1, 0.15) is 36.1 Å². The van der Waals surface area contributed by atoms with Gasteiger partial charge in [-0.1, -0.05) is 30.3 Å². The van der Waals surface area contributed by atoms with Gasteiger partial charge in [0.25, 0.3) is 0 Å². The number of amides is 1. The quantitative estimate of drug-likeness (QED) is 0.615. The van der Waals surface area contributed by atoms with E-state index >= 15 is 0 Å². The van der Waals surface area contributed by atoms with Crippen LogP contribution in [0.4, 0.5) is 0 Å². The number of carbonyl (C=O) groups is 1. The summed E-state index contributed by atoms with van der Waals surface area (Å²) < 4.78 is 11.6. The molecule has 0 saturated carbocycles. The van der Waals surface area contributed by atoms with E-state index in [2.05, 4.69) is 5.32 Å². The molecule has 0 spiro atoms. The first-order chi connectivity index (χ1) is 13.0. The third kappa shape index (κ3) is 4.05. The first-order valence-electron chi connectivity index (χ1n) is 9.16. The molecule has 1 aromatic heterocycles. The van der Waals surface area contributed by atoms with Crippen LogP contribution in [-0.2, 0) is 11.3 Å². The van der Waals surface area contributed by atoms with E-state index in [-0.39, 0.29) is 5.91 Å². The van der Waals surface area contributed by atoms with Crippen molar-refractivity contribution in [1.82, 2.24) is 5.32 Å². The zero-order valence-electron chi connectivity index (χ0n) is 16.3. The second kappa shape index (κ2) is 8.12. The van der Waals surface area contributed by atoms with Gasteiger partial charge in [0.1, 0.15) is 11.3 Å². The van der Waals surface area contributed by atoms with Gasteiger partial charge >= 0.3 is 0 Å². The molecule has 0 unspecified atom stereocenters. The van der Waals surface area contributed by atoms with Crippen LogP contribution in [0.2, 0.25) is 0 Å². The van der Waals surface area contributed by atoms with Gasteiger partial charge in [-0.3, -0.25) is 4.79 Å². The molecule has 0 aliphatic heterocycles. The summed E-state index contributed by atoms with van der Waals surface area (Å²) >= 11 is 0. The van der Waals surface area contributed by atoms with Gasteiger partial charge in [-0.25, -0.2) is 0 Å². The molecule has 27 heavy (non-hydrogen) atoms. The maximum absolute atomic E-state index is 12.4. The Bertz CT molecular complexity index is 984. The molecule has 0 saturated heterocycles. The molecule has 2 aromatic carbocycles. The van der Waals surface area contributed by atoms with Crippen LogP contribution in [0.5, 0.6) is 5.75 Å². The lowest BCUT2D eigenvalue weighted by Gasteiger charge is -2.14. The van der Waals surface area contributed by atoms with Gasteiger partial charge in [0.2, 0.25) is 5.91 Å². The molecule has 1 N–H and O–H groups in total. The van der Waals surface area contributed by atoms with Gasteiger partial charge in [-0.15, -0.1) is 0 Å². The van der Waals surface area contributed by atoms with Crippen molar-refractivity contribution in [2.24, 2.45) is 0 Å². The van der Waals surface area contributed by atoms with Crippen molar-refractivity contribution in [3.05, 3.63) is 71.0 Å². The van der Waals surface area contributed by atoms with Crippen molar-refractivity contribution in [3.8, 4) is 5.75 Å². The summed E-state index contributed by atoms with van der Waals surface area (Å²) in [5.41, 5.74) is 5.70. The molecule has 4 heteroatoms. The second-order valence-corrected chi connectivity index (χ2v) is 6.64. The Balaban J connectivity index is 1.90. The Morgan fingerprint density at radius 3 is 2.67 bits per heavy atom. The van der Waals surface area contributed by atoms with Gasteiger partial charge in [0.05, 0.1) is 12.9 Å². The number of nitrogens with one attached hydrogen (secondary N) is 1. The number of fused-ring (bicyclic) bond motifs is 1. The molecule has 0 radical (unpaired) electrons. The third-order valence-corrected chi connectivity index (χ3v) is 4.61. The number of furan rings is 1. The molecule has 0 fully saturated rings. The lowest BCUT2D eigenvalue weighted by atomic mass is 9.98. The highest BCUT2D eigenvalue weighted by Crippen LogP contribution is 2.37. The first kappa shape index (κ1) is 18.8. The monoisotopic (exact) mass is 363 g/mol. The van der Waals surface area contributed by atoms with E-state index in [0.29, 0.717) is 13.2 Å². The molecule has 0 aliphatic rings. The molecular formula is C23H25NO3. The van der Waals surface area contributed by atoms with Crippen LogP contribution >= 0.6 is 0 Å². The van der Waals surface area contributed by atoms with Crippen LogP contribution in [-0.4, -0.2) is 12.5 Å². The highest BCUT2D eigenvalue weighted by atomic mass is 16.5. The predicted octanol–water partition coefficient (Wildman–Crippen LogP) is 5.17. The topological polar surface area (TPSA) is 51.5 Å². The van der Waals surface area contributed by atoms with Crippen molar-refractivity contribution >= 4 is 22.4 Å². The van der Waals surface area contributed by atoms with Gasteiger partial charge in [0.15, 0.2) is 0 Å². The summed E-state index contributed by atoms with van der Waals surface area (Å²) in [4.78, 5) is 12.4. The fraction of sp³-hybridized carbons (Fsp3) is 0.261. The minimum Gasteiger partial charge on any atom is -0.493 e. The van der Waals surface area contributed by atoms with Gasteiger partial charge < -0.3 is 14.5 Å².